The van der Waals surface area contributed by atoms with E-state index in [-0.39, 0.29) is 11.1 Å². The van der Waals surface area contributed by atoms with E-state index in [0.717, 1.165) is 22.3 Å². The van der Waals surface area contributed by atoms with E-state index in [9.17, 15) is 0 Å². The van der Waals surface area contributed by atoms with Crippen LogP contribution in [-0.2, 0) is 0 Å². The molecule has 0 saturated carbocycles. The number of oxime groups is 1. The number of hydrogen-bond acceptors (Lipinski definition) is 5. The maximum Gasteiger partial charge on any atom is 0.152 e. The van der Waals surface area contributed by atoms with E-state index in [1.165, 1.54) is 18.1 Å². The summed E-state index contributed by atoms with van der Waals surface area (Å²) in [6.07, 6.45) is 2.29. The van der Waals surface area contributed by atoms with E-state index < -0.39 is 0 Å². The summed E-state index contributed by atoms with van der Waals surface area (Å²) in [5.41, 5.74) is 6.55. The summed E-state index contributed by atoms with van der Waals surface area (Å²) in [5, 5.41) is 13.5. The number of benzene rings is 1. The average molecular weight is 262 g/mol. The summed E-state index contributed by atoms with van der Waals surface area (Å²) in [4.78, 5) is 8.48. The molecular weight excluding hydrogens is 248 g/mol. The Hall–Kier alpha value is -1.82. The standard InChI is InChI=1S/C12H14N4OS/c1-2-10(11(13)16-17)18-12-8-5-3-4-6-9(8)14-7-15-12/h3-7,10,17H,2H2,1H3,(H2,13,16). The van der Waals surface area contributed by atoms with Gasteiger partial charge in [0.1, 0.15) is 11.4 Å². The van der Waals surface area contributed by atoms with Crippen LogP contribution in [0.3, 0.4) is 0 Å². The number of amidine groups is 1. The number of fused-ring (bicyclic) bond motifs is 1. The molecule has 0 aliphatic rings. The first-order valence-electron chi connectivity index (χ1n) is 5.60. The van der Waals surface area contributed by atoms with Crippen molar-refractivity contribution in [3.8, 4) is 0 Å². The SMILES string of the molecule is CCC(Sc1ncnc2ccccc12)C(N)=NO. The van der Waals surface area contributed by atoms with Gasteiger partial charge in [-0.2, -0.15) is 0 Å². The van der Waals surface area contributed by atoms with E-state index in [0.29, 0.717) is 0 Å². The van der Waals surface area contributed by atoms with Gasteiger partial charge < -0.3 is 10.9 Å². The monoisotopic (exact) mass is 262 g/mol. The van der Waals surface area contributed by atoms with E-state index in [1.807, 2.05) is 31.2 Å². The smallest absolute Gasteiger partial charge is 0.152 e. The van der Waals surface area contributed by atoms with Crippen molar-refractivity contribution in [2.24, 2.45) is 10.9 Å². The third kappa shape index (κ3) is 2.53. The maximum atomic E-state index is 8.74. The summed E-state index contributed by atoms with van der Waals surface area (Å²) in [6.45, 7) is 1.99. The lowest BCUT2D eigenvalue weighted by Crippen LogP contribution is -2.25. The molecule has 94 valence electrons. The van der Waals surface area contributed by atoms with Crippen molar-refractivity contribution < 1.29 is 5.21 Å². The molecule has 3 N–H and O–H groups in total. The van der Waals surface area contributed by atoms with Crippen LogP contribution in [0.1, 0.15) is 13.3 Å². The minimum absolute atomic E-state index is 0.0895. The van der Waals surface area contributed by atoms with Gasteiger partial charge in [0.2, 0.25) is 0 Å². The molecule has 1 aromatic carbocycles. The second-order valence-electron chi connectivity index (χ2n) is 3.74. The summed E-state index contributed by atoms with van der Waals surface area (Å²) >= 11 is 1.48. The van der Waals surface area contributed by atoms with E-state index in [4.69, 9.17) is 10.9 Å². The minimum Gasteiger partial charge on any atom is -0.409 e. The van der Waals surface area contributed by atoms with Crippen LogP contribution < -0.4 is 5.73 Å². The fraction of sp³-hybridized carbons (Fsp3) is 0.250. The molecule has 1 aromatic heterocycles. The first-order chi connectivity index (χ1) is 8.76. The Balaban J connectivity index is 2.37. The molecule has 5 nitrogen and oxygen atoms in total. The van der Waals surface area contributed by atoms with E-state index in [2.05, 4.69) is 15.1 Å². The highest BCUT2D eigenvalue weighted by molar-refractivity contribution is 8.00. The number of rotatable bonds is 4. The topological polar surface area (TPSA) is 84.4 Å². The van der Waals surface area contributed by atoms with Gasteiger partial charge in [0.05, 0.1) is 10.8 Å². The number of aromatic nitrogens is 2. The lowest BCUT2D eigenvalue weighted by atomic mass is 10.2. The summed E-state index contributed by atoms with van der Waals surface area (Å²) < 4.78 is 0. The molecule has 0 amide bonds. The van der Waals surface area contributed by atoms with Crippen molar-refractivity contribution >= 4 is 28.5 Å². The van der Waals surface area contributed by atoms with Gasteiger partial charge in [0.25, 0.3) is 0 Å². The Labute approximate surface area is 109 Å². The Morgan fingerprint density at radius 2 is 2.22 bits per heavy atom. The highest BCUT2D eigenvalue weighted by atomic mass is 32.2. The van der Waals surface area contributed by atoms with Gasteiger partial charge in [-0.15, -0.1) is 0 Å². The molecule has 0 aliphatic carbocycles. The second-order valence-corrected chi connectivity index (χ2v) is 4.93. The Morgan fingerprint density at radius 3 is 2.94 bits per heavy atom. The molecule has 0 saturated heterocycles. The summed E-state index contributed by atoms with van der Waals surface area (Å²) in [5.74, 6) is 0.213. The first kappa shape index (κ1) is 12.6. The molecule has 1 unspecified atom stereocenters. The molecule has 18 heavy (non-hydrogen) atoms. The Kier molecular flexibility index (Phi) is 3.99. The Morgan fingerprint density at radius 1 is 1.44 bits per heavy atom. The van der Waals surface area contributed by atoms with Crippen LogP contribution in [0.5, 0.6) is 0 Å². The predicted molar refractivity (Wildman–Crippen MR) is 72.9 cm³/mol. The number of para-hydroxylation sites is 1. The number of hydrogen-bond donors (Lipinski definition) is 2. The van der Waals surface area contributed by atoms with Gasteiger partial charge in [-0.1, -0.05) is 42.0 Å². The van der Waals surface area contributed by atoms with Gasteiger partial charge in [-0.25, -0.2) is 9.97 Å². The molecule has 0 bridgehead atoms. The molecule has 1 heterocycles. The van der Waals surface area contributed by atoms with Crippen LogP contribution in [0.2, 0.25) is 0 Å². The van der Waals surface area contributed by atoms with E-state index in [1.54, 1.807) is 0 Å². The van der Waals surface area contributed by atoms with Crippen LogP contribution in [0.15, 0.2) is 40.8 Å². The van der Waals surface area contributed by atoms with Crippen LogP contribution in [0.25, 0.3) is 10.9 Å². The van der Waals surface area contributed by atoms with Gasteiger partial charge in [0.15, 0.2) is 5.84 Å². The van der Waals surface area contributed by atoms with Gasteiger partial charge >= 0.3 is 0 Å². The molecular formula is C12H14N4OS. The molecule has 2 aromatic rings. The molecule has 0 radical (unpaired) electrons. The fourth-order valence-electron chi connectivity index (χ4n) is 1.63. The molecule has 0 aliphatic heterocycles. The van der Waals surface area contributed by atoms with Crippen LogP contribution in [0.4, 0.5) is 0 Å². The predicted octanol–water partition coefficient (Wildman–Crippen LogP) is 2.25. The summed E-state index contributed by atoms with van der Waals surface area (Å²) in [7, 11) is 0. The highest BCUT2D eigenvalue weighted by Gasteiger charge is 2.16. The zero-order chi connectivity index (χ0) is 13.0. The lowest BCUT2D eigenvalue weighted by molar-refractivity contribution is 0.317. The number of thioether (sulfide) groups is 1. The highest BCUT2D eigenvalue weighted by Crippen LogP contribution is 2.29. The van der Waals surface area contributed by atoms with Crippen molar-refractivity contribution in [2.75, 3.05) is 0 Å². The minimum atomic E-state index is -0.0895. The number of nitrogens with zero attached hydrogens (tertiary/aromatic N) is 3. The molecule has 6 heteroatoms. The van der Waals surface area contributed by atoms with Gasteiger partial charge in [-0.05, 0) is 12.5 Å². The largest absolute Gasteiger partial charge is 0.409 e. The van der Waals surface area contributed by atoms with Gasteiger partial charge in [-0.3, -0.25) is 0 Å². The Bertz CT molecular complexity index is 568. The first-order valence-corrected chi connectivity index (χ1v) is 6.48. The average Bonchev–Trinajstić information content (AvgIpc) is 2.44. The second kappa shape index (κ2) is 5.68. The van der Waals surface area contributed by atoms with Gasteiger partial charge in [0, 0.05) is 5.39 Å². The summed E-state index contributed by atoms with van der Waals surface area (Å²) in [6, 6.07) is 7.78. The van der Waals surface area contributed by atoms with Crippen LogP contribution >= 0.6 is 11.8 Å². The van der Waals surface area contributed by atoms with Crippen molar-refractivity contribution in [1.82, 2.24) is 9.97 Å². The van der Waals surface area contributed by atoms with Crippen molar-refractivity contribution in [3.63, 3.8) is 0 Å². The third-order valence-corrected chi connectivity index (χ3v) is 3.98. The zero-order valence-electron chi connectivity index (χ0n) is 9.95. The maximum absolute atomic E-state index is 8.74. The molecule has 2 rings (SSSR count). The normalized spacial score (nSPS) is 13.7. The lowest BCUT2D eigenvalue weighted by Gasteiger charge is -2.12. The van der Waals surface area contributed by atoms with Crippen molar-refractivity contribution in [1.29, 1.82) is 0 Å². The van der Waals surface area contributed by atoms with Crippen LogP contribution in [0, 0.1) is 0 Å². The molecule has 0 fully saturated rings. The van der Waals surface area contributed by atoms with Crippen LogP contribution in [-0.4, -0.2) is 26.3 Å². The van der Waals surface area contributed by atoms with E-state index >= 15 is 0 Å². The fourth-order valence-corrected chi connectivity index (χ4v) is 2.64. The van der Waals surface area contributed by atoms with Crippen molar-refractivity contribution in [2.45, 2.75) is 23.6 Å². The molecule has 1 atom stereocenters. The number of nitrogens with two attached hydrogens (primary N) is 1. The third-order valence-electron chi connectivity index (χ3n) is 2.58. The quantitative estimate of drug-likeness (QED) is 0.220. The van der Waals surface area contributed by atoms with Crippen molar-refractivity contribution in [3.05, 3.63) is 30.6 Å². The molecule has 0 spiro atoms. The zero-order valence-corrected chi connectivity index (χ0v) is 10.8.